The molecule has 1 aromatic rings. The lowest BCUT2D eigenvalue weighted by Gasteiger charge is -2.15. The molecule has 2 N–H and O–H groups in total. The van der Waals surface area contributed by atoms with E-state index in [-0.39, 0.29) is 22.9 Å². The number of allylic oxidation sites excluding steroid dienone is 1. The van der Waals surface area contributed by atoms with E-state index in [0.29, 0.717) is 11.3 Å². The predicted octanol–water partition coefficient (Wildman–Crippen LogP) is 3.37. The molecule has 0 bridgehead atoms. The second-order valence-corrected chi connectivity index (χ2v) is 10.6. The molecule has 170 valence electrons. The van der Waals surface area contributed by atoms with Gasteiger partial charge in [-0.3, -0.25) is 9.59 Å². The number of benzene rings is 1. The van der Waals surface area contributed by atoms with E-state index in [9.17, 15) is 18.0 Å². The molecule has 3 unspecified atom stereocenters. The SMILES string of the molecule is CC(=O)c1cc(C)cc(C)c1NC(=O)C1CC=CS1.CC1=NOC(NS(C)(=O)=O)C1C. The Hall–Kier alpha value is -2.17. The highest BCUT2D eigenvalue weighted by atomic mass is 32.2. The second-order valence-electron chi connectivity index (χ2n) is 7.72. The van der Waals surface area contributed by atoms with Crippen molar-refractivity contribution < 1.29 is 22.8 Å². The normalized spacial score (nSPS) is 22.3. The lowest BCUT2D eigenvalue weighted by atomic mass is 10.0. The number of carbonyl (C=O) groups is 2. The summed E-state index contributed by atoms with van der Waals surface area (Å²) in [5.74, 6) is -0.0662. The Morgan fingerprint density at radius 1 is 1.23 bits per heavy atom. The molecule has 0 spiro atoms. The topological polar surface area (TPSA) is 114 Å². The summed E-state index contributed by atoms with van der Waals surface area (Å²) in [6.07, 6.45) is 3.29. The average molecular weight is 468 g/mol. The molecule has 0 aliphatic carbocycles. The third-order valence-corrected chi connectivity index (χ3v) is 6.59. The molecule has 8 nitrogen and oxygen atoms in total. The summed E-state index contributed by atoms with van der Waals surface area (Å²) in [6, 6.07) is 3.80. The van der Waals surface area contributed by atoms with Gasteiger partial charge < -0.3 is 10.2 Å². The minimum atomic E-state index is -3.21. The second kappa shape index (κ2) is 10.4. The molecular weight excluding hydrogens is 438 g/mol. The number of aryl methyl sites for hydroxylation is 2. The van der Waals surface area contributed by atoms with E-state index < -0.39 is 16.3 Å². The quantitative estimate of drug-likeness (QED) is 0.642. The van der Waals surface area contributed by atoms with Gasteiger partial charge in [-0.1, -0.05) is 24.2 Å². The standard InChI is InChI=1S/C15H17NO2S.C6H12N2O3S/c1-9-7-10(2)14(12(8-9)11(3)17)16-15(18)13-5-4-6-19-13;1-4-5(2)7-11-6(4)8-12(3,9)10/h4,6-8,13H,5H2,1-3H3,(H,16,18);4,6,8H,1-3H3. The van der Waals surface area contributed by atoms with Crippen molar-refractivity contribution in [3.05, 3.63) is 40.3 Å². The molecule has 31 heavy (non-hydrogen) atoms. The number of carbonyl (C=O) groups excluding carboxylic acids is 2. The van der Waals surface area contributed by atoms with Crippen molar-refractivity contribution in [1.82, 2.24) is 4.72 Å². The van der Waals surface area contributed by atoms with Gasteiger partial charge in [-0.05, 0) is 56.7 Å². The number of nitrogens with zero attached hydrogens (tertiary/aromatic N) is 1. The van der Waals surface area contributed by atoms with Crippen LogP contribution in [-0.2, 0) is 19.7 Å². The largest absolute Gasteiger partial charge is 0.375 e. The van der Waals surface area contributed by atoms with E-state index in [2.05, 4.69) is 15.2 Å². The van der Waals surface area contributed by atoms with Crippen LogP contribution in [-0.4, -0.2) is 43.6 Å². The van der Waals surface area contributed by atoms with E-state index in [1.54, 1.807) is 6.92 Å². The number of nitrogens with one attached hydrogen (secondary N) is 2. The zero-order valence-corrected chi connectivity index (χ0v) is 20.2. The third kappa shape index (κ3) is 7.19. The summed E-state index contributed by atoms with van der Waals surface area (Å²) in [7, 11) is -3.21. The van der Waals surface area contributed by atoms with Crippen molar-refractivity contribution in [3.8, 4) is 0 Å². The maximum Gasteiger partial charge on any atom is 0.238 e. The molecule has 0 saturated heterocycles. The van der Waals surface area contributed by atoms with E-state index in [4.69, 9.17) is 4.84 Å². The van der Waals surface area contributed by atoms with Crippen LogP contribution in [0.3, 0.4) is 0 Å². The highest BCUT2D eigenvalue weighted by Crippen LogP contribution is 2.28. The summed E-state index contributed by atoms with van der Waals surface area (Å²) in [4.78, 5) is 28.7. The van der Waals surface area contributed by atoms with Crippen molar-refractivity contribution in [2.75, 3.05) is 11.6 Å². The molecule has 2 aliphatic rings. The number of Topliss-reactive ketones (excluding diaryl/α,β-unsaturated/α-hetero) is 1. The molecule has 1 aromatic carbocycles. The van der Waals surface area contributed by atoms with Crippen molar-refractivity contribution in [3.63, 3.8) is 0 Å². The molecule has 0 radical (unpaired) electrons. The number of oxime groups is 1. The molecule has 0 aromatic heterocycles. The fourth-order valence-corrected chi connectivity index (χ4v) is 4.52. The maximum atomic E-state index is 12.1. The van der Waals surface area contributed by atoms with Gasteiger partial charge in [0.2, 0.25) is 15.9 Å². The highest BCUT2D eigenvalue weighted by Gasteiger charge is 2.29. The van der Waals surface area contributed by atoms with Crippen LogP contribution in [0, 0.1) is 19.8 Å². The lowest BCUT2D eigenvalue weighted by Crippen LogP contribution is -2.38. The van der Waals surface area contributed by atoms with E-state index in [1.807, 2.05) is 44.4 Å². The van der Waals surface area contributed by atoms with Gasteiger partial charge in [-0.15, -0.1) is 11.8 Å². The van der Waals surface area contributed by atoms with Crippen LogP contribution >= 0.6 is 11.8 Å². The number of anilines is 1. The minimum absolute atomic E-state index is 0.000255. The van der Waals surface area contributed by atoms with Crippen LogP contribution in [0.25, 0.3) is 0 Å². The van der Waals surface area contributed by atoms with Gasteiger partial charge in [0.15, 0.2) is 12.0 Å². The third-order valence-electron chi connectivity index (χ3n) is 4.84. The Labute approximate surface area is 187 Å². The van der Waals surface area contributed by atoms with Crippen LogP contribution < -0.4 is 10.0 Å². The first-order valence-electron chi connectivity index (χ1n) is 9.80. The van der Waals surface area contributed by atoms with Crippen LogP contribution in [0.2, 0.25) is 0 Å². The van der Waals surface area contributed by atoms with Crippen molar-refractivity contribution in [2.24, 2.45) is 11.1 Å². The molecule has 3 atom stereocenters. The van der Waals surface area contributed by atoms with Crippen molar-refractivity contribution >= 4 is 44.9 Å². The summed E-state index contributed by atoms with van der Waals surface area (Å²) in [5, 5.41) is 8.44. The molecule has 2 heterocycles. The predicted molar refractivity (Wildman–Crippen MR) is 125 cm³/mol. The fourth-order valence-electron chi connectivity index (χ4n) is 3.04. The Morgan fingerprint density at radius 3 is 2.39 bits per heavy atom. The number of rotatable bonds is 5. The minimum Gasteiger partial charge on any atom is -0.375 e. The molecule has 10 heteroatoms. The molecule has 2 aliphatic heterocycles. The van der Waals surface area contributed by atoms with Gasteiger partial charge in [0, 0.05) is 5.56 Å². The number of thioether (sulfide) groups is 1. The summed E-state index contributed by atoms with van der Waals surface area (Å²) < 4.78 is 23.9. The first-order chi connectivity index (χ1) is 14.4. The lowest BCUT2D eigenvalue weighted by molar-refractivity contribution is -0.115. The first kappa shape index (κ1) is 25.1. The van der Waals surface area contributed by atoms with Gasteiger partial charge in [0.25, 0.3) is 0 Å². The Morgan fingerprint density at radius 2 is 1.90 bits per heavy atom. The van der Waals surface area contributed by atoms with Crippen LogP contribution in [0.1, 0.15) is 48.7 Å². The molecular formula is C21H29N3O5S2. The van der Waals surface area contributed by atoms with E-state index >= 15 is 0 Å². The van der Waals surface area contributed by atoms with Gasteiger partial charge in [-0.25, -0.2) is 8.42 Å². The maximum absolute atomic E-state index is 12.1. The monoisotopic (exact) mass is 467 g/mol. The Kier molecular flexibility index (Phi) is 8.44. The number of amides is 1. The summed E-state index contributed by atoms with van der Waals surface area (Å²) in [6.45, 7) is 9.04. The summed E-state index contributed by atoms with van der Waals surface area (Å²) in [5.41, 5.74) is 3.99. The smallest absolute Gasteiger partial charge is 0.238 e. The fraction of sp³-hybridized carbons (Fsp3) is 0.476. The van der Waals surface area contributed by atoms with Gasteiger partial charge >= 0.3 is 0 Å². The van der Waals surface area contributed by atoms with Gasteiger partial charge in [-0.2, -0.15) is 4.72 Å². The zero-order chi connectivity index (χ0) is 23.3. The summed E-state index contributed by atoms with van der Waals surface area (Å²) >= 11 is 1.52. The molecule has 1 amide bonds. The molecule has 0 fully saturated rings. The number of hydrogen-bond acceptors (Lipinski definition) is 7. The molecule has 0 saturated carbocycles. The Balaban J connectivity index is 0.000000245. The first-order valence-corrected chi connectivity index (χ1v) is 12.6. The Bertz CT molecular complexity index is 1010. The highest BCUT2D eigenvalue weighted by molar-refractivity contribution is 8.03. The van der Waals surface area contributed by atoms with E-state index in [0.717, 1.165) is 29.5 Å². The van der Waals surface area contributed by atoms with Crippen molar-refractivity contribution in [1.29, 1.82) is 0 Å². The number of sulfonamides is 1. The van der Waals surface area contributed by atoms with Crippen LogP contribution in [0.5, 0.6) is 0 Å². The van der Waals surface area contributed by atoms with Gasteiger partial charge in [0.05, 0.1) is 28.8 Å². The number of ketones is 1. The average Bonchev–Trinajstić information content (AvgIpc) is 3.29. The van der Waals surface area contributed by atoms with Crippen molar-refractivity contribution in [2.45, 2.75) is 52.5 Å². The van der Waals surface area contributed by atoms with Crippen LogP contribution in [0.15, 0.2) is 28.8 Å². The number of hydrogen-bond donors (Lipinski definition) is 2. The zero-order valence-electron chi connectivity index (χ0n) is 18.6. The van der Waals surface area contributed by atoms with E-state index in [1.165, 1.54) is 18.7 Å². The van der Waals surface area contributed by atoms with Crippen LogP contribution in [0.4, 0.5) is 5.69 Å². The molecule has 3 rings (SSSR count). The van der Waals surface area contributed by atoms with Gasteiger partial charge in [0.1, 0.15) is 0 Å².